The molecule has 8 heteroatoms. The molecule has 0 spiro atoms. The van der Waals surface area contributed by atoms with Crippen molar-refractivity contribution in [1.82, 2.24) is 10.0 Å². The number of phenols is 1. The van der Waals surface area contributed by atoms with Crippen molar-refractivity contribution in [3.63, 3.8) is 0 Å². The van der Waals surface area contributed by atoms with Gasteiger partial charge in [0.25, 0.3) is 5.91 Å². The Kier molecular flexibility index (Phi) is 4.62. The van der Waals surface area contributed by atoms with Gasteiger partial charge in [-0.15, -0.1) is 0 Å². The highest BCUT2D eigenvalue weighted by Gasteiger charge is 2.13. The second-order valence-electron chi connectivity index (χ2n) is 3.44. The molecule has 0 aliphatic heterocycles. The first-order valence-electron chi connectivity index (χ1n) is 5.03. The SMILES string of the molecule is CNS(=O)(=O)CCNC(=O)c1ccc(F)cc1O. The fraction of sp³-hybridized carbons (Fsp3) is 0.300. The van der Waals surface area contributed by atoms with Crippen LogP contribution in [0.4, 0.5) is 4.39 Å². The second-order valence-corrected chi connectivity index (χ2v) is 5.49. The summed E-state index contributed by atoms with van der Waals surface area (Å²) in [6.45, 7) is -0.112. The van der Waals surface area contributed by atoms with Crippen molar-refractivity contribution in [2.24, 2.45) is 0 Å². The Bertz CT molecular complexity index is 545. The molecule has 0 unspecified atom stereocenters. The predicted molar refractivity (Wildman–Crippen MR) is 63.2 cm³/mol. The van der Waals surface area contributed by atoms with Gasteiger partial charge in [0.05, 0.1) is 11.3 Å². The number of benzene rings is 1. The number of nitrogens with one attached hydrogen (secondary N) is 2. The Morgan fingerprint density at radius 3 is 2.67 bits per heavy atom. The van der Waals surface area contributed by atoms with Crippen LogP contribution in [0.1, 0.15) is 10.4 Å². The van der Waals surface area contributed by atoms with Gasteiger partial charge in [-0.2, -0.15) is 0 Å². The Hall–Kier alpha value is -1.67. The molecule has 1 rings (SSSR count). The van der Waals surface area contributed by atoms with Gasteiger partial charge in [-0.25, -0.2) is 17.5 Å². The fourth-order valence-corrected chi connectivity index (χ4v) is 1.77. The van der Waals surface area contributed by atoms with Gasteiger partial charge in [0, 0.05) is 12.6 Å². The minimum atomic E-state index is -3.40. The number of phenolic OH excluding ortho intramolecular Hbond substituents is 1. The van der Waals surface area contributed by atoms with Crippen LogP contribution in [0.2, 0.25) is 0 Å². The highest BCUT2D eigenvalue weighted by molar-refractivity contribution is 7.89. The van der Waals surface area contributed by atoms with Gasteiger partial charge in [-0.3, -0.25) is 4.79 Å². The Morgan fingerprint density at radius 1 is 1.44 bits per heavy atom. The molecule has 0 saturated heterocycles. The van der Waals surface area contributed by atoms with Gasteiger partial charge in [0.2, 0.25) is 10.0 Å². The van der Waals surface area contributed by atoms with Crippen LogP contribution in [-0.2, 0) is 10.0 Å². The van der Waals surface area contributed by atoms with E-state index in [9.17, 15) is 22.7 Å². The van der Waals surface area contributed by atoms with E-state index in [2.05, 4.69) is 10.0 Å². The first-order valence-corrected chi connectivity index (χ1v) is 6.69. The van der Waals surface area contributed by atoms with E-state index in [0.717, 1.165) is 18.2 Å². The van der Waals surface area contributed by atoms with Gasteiger partial charge < -0.3 is 10.4 Å². The molecule has 6 nitrogen and oxygen atoms in total. The van der Waals surface area contributed by atoms with E-state index in [4.69, 9.17) is 0 Å². The normalized spacial score (nSPS) is 11.2. The predicted octanol–water partition coefficient (Wildman–Crippen LogP) is -0.190. The summed E-state index contributed by atoms with van der Waals surface area (Å²) in [6.07, 6.45) is 0. The molecular formula is C10H13FN2O4S. The molecule has 0 aliphatic carbocycles. The van der Waals surface area contributed by atoms with Gasteiger partial charge in [0.15, 0.2) is 0 Å². The second kappa shape index (κ2) is 5.78. The van der Waals surface area contributed by atoms with E-state index in [-0.39, 0.29) is 17.9 Å². The highest BCUT2D eigenvalue weighted by atomic mass is 32.2. The van der Waals surface area contributed by atoms with Gasteiger partial charge >= 0.3 is 0 Å². The van der Waals surface area contributed by atoms with Crippen LogP contribution in [0.15, 0.2) is 18.2 Å². The third-order valence-corrected chi connectivity index (χ3v) is 3.54. The average Bonchev–Trinajstić information content (AvgIpc) is 2.28. The maximum absolute atomic E-state index is 12.7. The quantitative estimate of drug-likeness (QED) is 0.694. The van der Waals surface area contributed by atoms with Crippen LogP contribution in [0.25, 0.3) is 0 Å². The van der Waals surface area contributed by atoms with Crippen molar-refractivity contribution in [1.29, 1.82) is 0 Å². The third-order valence-electron chi connectivity index (χ3n) is 2.17. The largest absolute Gasteiger partial charge is 0.507 e. The summed E-state index contributed by atoms with van der Waals surface area (Å²) in [5, 5.41) is 11.6. The number of halogens is 1. The first-order chi connectivity index (χ1) is 8.35. The highest BCUT2D eigenvalue weighted by Crippen LogP contribution is 2.17. The molecule has 0 aliphatic rings. The number of aromatic hydroxyl groups is 1. The Labute approximate surface area is 104 Å². The van der Waals surface area contributed by atoms with E-state index in [0.29, 0.717) is 0 Å². The lowest BCUT2D eigenvalue weighted by atomic mass is 10.2. The van der Waals surface area contributed by atoms with Crippen molar-refractivity contribution < 1.29 is 22.7 Å². The standard InChI is InChI=1S/C10H13FN2O4S/c1-12-18(16,17)5-4-13-10(15)8-3-2-7(11)6-9(8)14/h2-3,6,12,14H,4-5H2,1H3,(H,13,15). The number of amides is 1. The van der Waals surface area contributed by atoms with Crippen LogP contribution < -0.4 is 10.0 Å². The summed E-state index contributed by atoms with van der Waals surface area (Å²) in [6, 6.07) is 2.95. The van der Waals surface area contributed by atoms with Crippen LogP contribution in [0.5, 0.6) is 5.75 Å². The number of hydrogen-bond donors (Lipinski definition) is 3. The van der Waals surface area contributed by atoms with Crippen molar-refractivity contribution in [3.8, 4) is 5.75 Å². The van der Waals surface area contributed by atoms with Crippen molar-refractivity contribution >= 4 is 15.9 Å². The molecule has 18 heavy (non-hydrogen) atoms. The molecule has 3 N–H and O–H groups in total. The molecule has 1 aromatic rings. The summed E-state index contributed by atoms with van der Waals surface area (Å²) in [5.74, 6) is -2.11. The zero-order chi connectivity index (χ0) is 13.8. The molecule has 0 bridgehead atoms. The molecule has 1 aromatic carbocycles. The van der Waals surface area contributed by atoms with Crippen molar-refractivity contribution in [2.45, 2.75) is 0 Å². The maximum Gasteiger partial charge on any atom is 0.255 e. The minimum Gasteiger partial charge on any atom is -0.507 e. The molecule has 1 amide bonds. The van der Waals surface area contributed by atoms with Crippen LogP contribution >= 0.6 is 0 Å². The lowest BCUT2D eigenvalue weighted by Crippen LogP contribution is -2.32. The Balaban J connectivity index is 2.61. The molecule has 0 fully saturated rings. The summed E-state index contributed by atoms with van der Waals surface area (Å²) < 4.78 is 36.9. The number of rotatable bonds is 5. The van der Waals surface area contributed by atoms with Gasteiger partial charge in [-0.1, -0.05) is 0 Å². The van der Waals surface area contributed by atoms with E-state index < -0.39 is 27.5 Å². The number of carbonyl (C=O) groups excluding carboxylic acids is 1. The molecular weight excluding hydrogens is 263 g/mol. The number of carbonyl (C=O) groups is 1. The zero-order valence-electron chi connectivity index (χ0n) is 9.60. The van der Waals surface area contributed by atoms with Crippen LogP contribution in [-0.4, -0.2) is 38.8 Å². The van der Waals surface area contributed by atoms with E-state index in [1.807, 2.05) is 0 Å². The van der Waals surface area contributed by atoms with Gasteiger partial charge in [-0.05, 0) is 19.2 Å². The summed E-state index contributed by atoms with van der Waals surface area (Å²) in [5.41, 5.74) is -0.113. The fourth-order valence-electron chi connectivity index (χ4n) is 1.19. The van der Waals surface area contributed by atoms with Crippen LogP contribution in [0.3, 0.4) is 0 Å². The number of sulfonamides is 1. The third kappa shape index (κ3) is 3.97. The molecule has 0 atom stereocenters. The molecule has 100 valence electrons. The minimum absolute atomic E-state index is 0.112. The van der Waals surface area contributed by atoms with Gasteiger partial charge in [0.1, 0.15) is 11.6 Å². The summed E-state index contributed by atoms with van der Waals surface area (Å²) in [4.78, 5) is 11.5. The van der Waals surface area contributed by atoms with E-state index >= 15 is 0 Å². The average molecular weight is 276 g/mol. The van der Waals surface area contributed by atoms with Crippen molar-refractivity contribution in [2.75, 3.05) is 19.3 Å². The monoisotopic (exact) mass is 276 g/mol. The zero-order valence-corrected chi connectivity index (χ0v) is 10.4. The number of hydrogen-bond acceptors (Lipinski definition) is 4. The summed E-state index contributed by atoms with van der Waals surface area (Å²) >= 11 is 0. The van der Waals surface area contributed by atoms with E-state index in [1.54, 1.807) is 0 Å². The molecule has 0 heterocycles. The maximum atomic E-state index is 12.7. The van der Waals surface area contributed by atoms with E-state index in [1.165, 1.54) is 7.05 Å². The smallest absolute Gasteiger partial charge is 0.255 e. The van der Waals surface area contributed by atoms with Crippen molar-refractivity contribution in [3.05, 3.63) is 29.6 Å². The molecule has 0 saturated carbocycles. The Morgan fingerprint density at radius 2 is 2.11 bits per heavy atom. The summed E-state index contributed by atoms with van der Waals surface area (Å²) in [7, 11) is -2.13. The lowest BCUT2D eigenvalue weighted by molar-refractivity contribution is 0.0953. The lowest BCUT2D eigenvalue weighted by Gasteiger charge is -2.07. The first kappa shape index (κ1) is 14.4. The van der Waals surface area contributed by atoms with Crippen LogP contribution in [0, 0.1) is 5.82 Å². The molecule has 0 aromatic heterocycles. The molecule has 0 radical (unpaired) electrons. The topological polar surface area (TPSA) is 95.5 Å².